The molecule has 2 aromatic rings. The predicted octanol–water partition coefficient (Wildman–Crippen LogP) is 4.81. The lowest BCUT2D eigenvalue weighted by Crippen LogP contribution is -2.18. The Morgan fingerprint density at radius 3 is 2.70 bits per heavy atom. The average molecular weight is 314 g/mol. The van der Waals surface area contributed by atoms with E-state index in [0.29, 0.717) is 27.8 Å². The summed E-state index contributed by atoms with van der Waals surface area (Å²) < 4.78 is 19.6. The molecule has 0 aliphatic rings. The van der Waals surface area contributed by atoms with Gasteiger partial charge in [-0.2, -0.15) is 0 Å². The summed E-state index contributed by atoms with van der Waals surface area (Å²) in [5, 5.41) is 0.832. The van der Waals surface area contributed by atoms with E-state index in [-0.39, 0.29) is 11.8 Å². The van der Waals surface area contributed by atoms with Gasteiger partial charge in [0.15, 0.2) is 11.6 Å². The largest absolute Gasteiger partial charge is 0.452 e. The minimum absolute atomic E-state index is 0.103. The zero-order valence-corrected chi connectivity index (χ0v) is 12.4. The molecular formula is C15H14Cl2FNO. The Balaban J connectivity index is 2.39. The van der Waals surface area contributed by atoms with Gasteiger partial charge in [0.2, 0.25) is 0 Å². The first kappa shape index (κ1) is 15.1. The van der Waals surface area contributed by atoms with Crippen molar-refractivity contribution in [2.75, 3.05) is 0 Å². The number of ether oxygens (including phenoxy) is 1. The van der Waals surface area contributed by atoms with Crippen molar-refractivity contribution < 1.29 is 9.13 Å². The van der Waals surface area contributed by atoms with Crippen molar-refractivity contribution in [3.8, 4) is 11.5 Å². The molecule has 1 unspecified atom stereocenters. The van der Waals surface area contributed by atoms with Gasteiger partial charge in [0.1, 0.15) is 5.75 Å². The lowest BCUT2D eigenvalue weighted by molar-refractivity contribution is 0.434. The van der Waals surface area contributed by atoms with E-state index in [9.17, 15) is 4.39 Å². The molecule has 0 heterocycles. The maximum atomic E-state index is 14.0. The van der Waals surface area contributed by atoms with Crippen molar-refractivity contribution in [2.24, 2.45) is 5.73 Å². The van der Waals surface area contributed by atoms with Gasteiger partial charge in [0.05, 0.1) is 5.02 Å². The molecule has 0 radical (unpaired) electrons. The summed E-state index contributed by atoms with van der Waals surface area (Å²) in [5.41, 5.74) is 6.46. The average Bonchev–Trinajstić information content (AvgIpc) is 2.37. The molecule has 0 saturated heterocycles. The number of benzene rings is 2. The van der Waals surface area contributed by atoms with Gasteiger partial charge in [-0.25, -0.2) is 4.39 Å². The van der Waals surface area contributed by atoms with E-state index >= 15 is 0 Å². The second-order valence-corrected chi connectivity index (χ2v) is 5.43. The molecule has 2 N–H and O–H groups in total. The van der Waals surface area contributed by atoms with E-state index in [1.807, 2.05) is 6.92 Å². The summed E-state index contributed by atoms with van der Waals surface area (Å²) in [6.45, 7) is 1.85. The van der Waals surface area contributed by atoms with E-state index in [4.69, 9.17) is 33.7 Å². The van der Waals surface area contributed by atoms with Crippen LogP contribution in [0.5, 0.6) is 11.5 Å². The number of hydrogen-bond donors (Lipinski definition) is 1. The number of hydrogen-bond acceptors (Lipinski definition) is 2. The number of nitrogens with two attached hydrogens (primary N) is 1. The van der Waals surface area contributed by atoms with Crippen LogP contribution in [0.1, 0.15) is 12.5 Å². The van der Waals surface area contributed by atoms with Crippen LogP contribution in [0.2, 0.25) is 10.0 Å². The third-order valence-electron chi connectivity index (χ3n) is 2.70. The van der Waals surface area contributed by atoms with Gasteiger partial charge in [0.25, 0.3) is 0 Å². The summed E-state index contributed by atoms with van der Waals surface area (Å²) in [7, 11) is 0. The van der Waals surface area contributed by atoms with Gasteiger partial charge in [-0.05, 0) is 37.1 Å². The lowest BCUT2D eigenvalue weighted by atomic mass is 10.1. The molecule has 0 spiro atoms. The molecule has 0 fully saturated rings. The summed E-state index contributed by atoms with van der Waals surface area (Å²) in [4.78, 5) is 0. The van der Waals surface area contributed by atoms with Crippen molar-refractivity contribution in [3.05, 3.63) is 57.8 Å². The molecule has 0 aliphatic heterocycles. The number of para-hydroxylation sites is 1. The molecule has 20 heavy (non-hydrogen) atoms. The Bertz CT molecular complexity index is 617. The van der Waals surface area contributed by atoms with E-state index in [1.54, 1.807) is 30.3 Å². The van der Waals surface area contributed by atoms with Crippen molar-refractivity contribution >= 4 is 23.2 Å². The highest BCUT2D eigenvalue weighted by Crippen LogP contribution is 2.35. The first-order chi connectivity index (χ1) is 9.47. The number of rotatable bonds is 4. The Morgan fingerprint density at radius 1 is 1.25 bits per heavy atom. The molecular weight excluding hydrogens is 300 g/mol. The molecule has 5 heteroatoms. The van der Waals surface area contributed by atoms with Crippen LogP contribution < -0.4 is 10.5 Å². The monoisotopic (exact) mass is 313 g/mol. The first-order valence-corrected chi connectivity index (χ1v) is 6.89. The maximum Gasteiger partial charge on any atom is 0.166 e. The van der Waals surface area contributed by atoms with Crippen LogP contribution in [-0.2, 0) is 6.42 Å². The Kier molecular flexibility index (Phi) is 4.86. The molecule has 1 atom stereocenters. The Morgan fingerprint density at radius 2 is 2.00 bits per heavy atom. The van der Waals surface area contributed by atoms with E-state index in [0.717, 1.165) is 0 Å². The SMILES string of the molecule is CC(N)Cc1cccc(F)c1Oc1cc(Cl)ccc1Cl. The smallest absolute Gasteiger partial charge is 0.166 e. The zero-order valence-electron chi connectivity index (χ0n) is 10.9. The summed E-state index contributed by atoms with van der Waals surface area (Å²) in [5.74, 6) is -0.0108. The van der Waals surface area contributed by atoms with Gasteiger partial charge < -0.3 is 10.5 Å². The van der Waals surface area contributed by atoms with Crippen LogP contribution in [0.3, 0.4) is 0 Å². The summed E-state index contributed by atoms with van der Waals surface area (Å²) >= 11 is 11.9. The third-order valence-corrected chi connectivity index (χ3v) is 3.24. The zero-order chi connectivity index (χ0) is 14.7. The van der Waals surface area contributed by atoms with Crippen LogP contribution in [0, 0.1) is 5.82 Å². The van der Waals surface area contributed by atoms with Crippen molar-refractivity contribution in [1.29, 1.82) is 0 Å². The molecule has 0 aliphatic carbocycles. The molecule has 2 nitrogen and oxygen atoms in total. The lowest BCUT2D eigenvalue weighted by Gasteiger charge is -2.14. The normalized spacial score (nSPS) is 12.2. The molecule has 0 aromatic heterocycles. The van der Waals surface area contributed by atoms with Crippen LogP contribution >= 0.6 is 23.2 Å². The predicted molar refractivity (Wildman–Crippen MR) is 80.3 cm³/mol. The van der Waals surface area contributed by atoms with Crippen molar-refractivity contribution in [1.82, 2.24) is 0 Å². The van der Waals surface area contributed by atoms with Crippen LogP contribution in [0.4, 0.5) is 4.39 Å². The van der Waals surface area contributed by atoms with Crippen molar-refractivity contribution in [3.63, 3.8) is 0 Å². The summed E-state index contributed by atoms with van der Waals surface area (Å²) in [6, 6.07) is 9.42. The quantitative estimate of drug-likeness (QED) is 0.878. The molecule has 2 rings (SSSR count). The van der Waals surface area contributed by atoms with Gasteiger partial charge >= 0.3 is 0 Å². The third kappa shape index (κ3) is 3.63. The highest BCUT2D eigenvalue weighted by atomic mass is 35.5. The van der Waals surface area contributed by atoms with E-state index in [1.165, 1.54) is 6.07 Å². The molecule has 0 saturated carbocycles. The minimum Gasteiger partial charge on any atom is -0.452 e. The number of halogens is 3. The van der Waals surface area contributed by atoms with Crippen LogP contribution in [-0.4, -0.2) is 6.04 Å². The maximum absolute atomic E-state index is 14.0. The highest BCUT2D eigenvalue weighted by Gasteiger charge is 2.14. The van der Waals surface area contributed by atoms with Crippen LogP contribution in [0.15, 0.2) is 36.4 Å². The fourth-order valence-electron chi connectivity index (χ4n) is 1.84. The fourth-order valence-corrected chi connectivity index (χ4v) is 2.16. The second kappa shape index (κ2) is 6.44. The van der Waals surface area contributed by atoms with Crippen LogP contribution in [0.25, 0.3) is 0 Å². The van der Waals surface area contributed by atoms with E-state index in [2.05, 4.69) is 0 Å². The highest BCUT2D eigenvalue weighted by molar-refractivity contribution is 6.34. The first-order valence-electron chi connectivity index (χ1n) is 6.13. The van der Waals surface area contributed by atoms with Crippen molar-refractivity contribution in [2.45, 2.75) is 19.4 Å². The minimum atomic E-state index is -0.459. The standard InChI is InChI=1S/C15H14Cl2FNO/c1-9(19)7-10-3-2-4-13(18)15(10)20-14-8-11(16)5-6-12(14)17/h2-6,8-9H,7,19H2,1H3. The Hall–Kier alpha value is -1.29. The molecule has 106 valence electrons. The summed E-state index contributed by atoms with van der Waals surface area (Å²) in [6.07, 6.45) is 0.505. The molecule has 2 aromatic carbocycles. The van der Waals surface area contributed by atoms with Gasteiger partial charge in [0, 0.05) is 17.1 Å². The van der Waals surface area contributed by atoms with E-state index < -0.39 is 5.82 Å². The topological polar surface area (TPSA) is 35.2 Å². The van der Waals surface area contributed by atoms with Gasteiger partial charge in [-0.1, -0.05) is 35.3 Å². The van der Waals surface area contributed by atoms with Gasteiger partial charge in [-0.3, -0.25) is 0 Å². The Labute approximate surface area is 127 Å². The van der Waals surface area contributed by atoms with Gasteiger partial charge in [-0.15, -0.1) is 0 Å². The molecule has 0 amide bonds. The molecule has 0 bridgehead atoms. The second-order valence-electron chi connectivity index (χ2n) is 4.59. The fraction of sp³-hybridized carbons (Fsp3) is 0.200.